The van der Waals surface area contributed by atoms with Crippen LogP contribution < -0.4 is 15.0 Å². The lowest BCUT2D eigenvalue weighted by atomic mass is 10.0. The standard InChI is InChI=1S/C22H16F2N2O3/c1-26-18-11-14(7-10-19(18)29-12-20(26)27)13-5-8-15(9-6-13)25-22(28)21-16(23)3-2-4-17(21)24/h2-11H,12H2,1H3,(H,25,28). The minimum absolute atomic E-state index is 0.0137. The number of hydrogen-bond acceptors (Lipinski definition) is 3. The van der Waals surface area contributed by atoms with E-state index in [2.05, 4.69) is 5.32 Å². The molecule has 3 aromatic rings. The maximum atomic E-state index is 13.7. The number of anilines is 2. The van der Waals surface area contributed by atoms with Crippen LogP contribution in [0.25, 0.3) is 11.1 Å². The Bertz CT molecular complexity index is 1090. The van der Waals surface area contributed by atoms with Gasteiger partial charge in [-0.2, -0.15) is 0 Å². The van der Waals surface area contributed by atoms with Gasteiger partial charge in [0.2, 0.25) is 0 Å². The second-order valence-electron chi connectivity index (χ2n) is 6.55. The summed E-state index contributed by atoms with van der Waals surface area (Å²) < 4.78 is 32.9. The number of hydrogen-bond donors (Lipinski definition) is 1. The Morgan fingerprint density at radius 2 is 1.66 bits per heavy atom. The van der Waals surface area contributed by atoms with Gasteiger partial charge in [-0.05, 0) is 47.5 Å². The zero-order valence-corrected chi connectivity index (χ0v) is 15.4. The summed E-state index contributed by atoms with van der Waals surface area (Å²) >= 11 is 0. The third kappa shape index (κ3) is 3.54. The average Bonchev–Trinajstić information content (AvgIpc) is 2.71. The normalized spacial score (nSPS) is 12.9. The average molecular weight is 394 g/mol. The van der Waals surface area contributed by atoms with Crippen molar-refractivity contribution in [1.29, 1.82) is 0 Å². The first kappa shape index (κ1) is 18.6. The number of ether oxygens (including phenoxy) is 1. The van der Waals surface area contributed by atoms with Gasteiger partial charge >= 0.3 is 0 Å². The zero-order valence-electron chi connectivity index (χ0n) is 15.4. The summed E-state index contributed by atoms with van der Waals surface area (Å²) in [6.45, 7) is 0.0137. The van der Waals surface area contributed by atoms with Crippen molar-refractivity contribution in [2.75, 3.05) is 23.9 Å². The number of benzene rings is 3. The largest absolute Gasteiger partial charge is 0.482 e. The second kappa shape index (κ2) is 7.35. The summed E-state index contributed by atoms with van der Waals surface area (Å²) in [5.74, 6) is -2.21. The highest BCUT2D eigenvalue weighted by molar-refractivity contribution is 6.04. The fourth-order valence-electron chi connectivity index (χ4n) is 3.11. The highest BCUT2D eigenvalue weighted by atomic mass is 19.1. The molecule has 5 nitrogen and oxygen atoms in total. The first-order valence-corrected chi connectivity index (χ1v) is 8.83. The second-order valence-corrected chi connectivity index (χ2v) is 6.55. The minimum atomic E-state index is -0.922. The summed E-state index contributed by atoms with van der Waals surface area (Å²) in [6.07, 6.45) is 0. The molecule has 0 atom stereocenters. The lowest BCUT2D eigenvalue weighted by molar-refractivity contribution is -0.120. The van der Waals surface area contributed by atoms with Crippen molar-refractivity contribution in [2.24, 2.45) is 0 Å². The highest BCUT2D eigenvalue weighted by Crippen LogP contribution is 2.35. The van der Waals surface area contributed by atoms with Crippen LogP contribution in [0, 0.1) is 11.6 Å². The van der Waals surface area contributed by atoms with Crippen LogP contribution in [-0.4, -0.2) is 25.5 Å². The molecule has 0 spiro atoms. The summed E-state index contributed by atoms with van der Waals surface area (Å²) in [7, 11) is 1.69. The smallest absolute Gasteiger partial charge is 0.264 e. The molecule has 0 unspecified atom stereocenters. The number of nitrogens with one attached hydrogen (secondary N) is 1. The van der Waals surface area contributed by atoms with Crippen LogP contribution in [0.4, 0.5) is 20.2 Å². The molecule has 0 fully saturated rings. The van der Waals surface area contributed by atoms with Crippen LogP contribution in [0.2, 0.25) is 0 Å². The number of amides is 2. The van der Waals surface area contributed by atoms with Crippen molar-refractivity contribution in [3.63, 3.8) is 0 Å². The van der Waals surface area contributed by atoms with E-state index in [4.69, 9.17) is 4.74 Å². The molecule has 1 aliphatic heterocycles. The number of halogens is 2. The van der Waals surface area contributed by atoms with E-state index in [1.54, 1.807) is 42.3 Å². The molecule has 0 aliphatic carbocycles. The predicted molar refractivity (Wildman–Crippen MR) is 105 cm³/mol. The third-order valence-corrected chi connectivity index (χ3v) is 4.71. The molecule has 146 valence electrons. The van der Waals surface area contributed by atoms with E-state index in [0.29, 0.717) is 17.1 Å². The van der Waals surface area contributed by atoms with Crippen LogP contribution in [0.3, 0.4) is 0 Å². The van der Waals surface area contributed by atoms with Crippen LogP contribution in [0.1, 0.15) is 10.4 Å². The van der Waals surface area contributed by atoms with Gasteiger partial charge in [0, 0.05) is 12.7 Å². The number of fused-ring (bicyclic) bond motifs is 1. The molecule has 0 radical (unpaired) electrons. The van der Waals surface area contributed by atoms with Gasteiger partial charge < -0.3 is 15.0 Å². The van der Waals surface area contributed by atoms with Crippen molar-refractivity contribution in [3.8, 4) is 16.9 Å². The lowest BCUT2D eigenvalue weighted by Crippen LogP contribution is -2.35. The Hall–Kier alpha value is -3.74. The Morgan fingerprint density at radius 1 is 1.00 bits per heavy atom. The Balaban J connectivity index is 1.56. The summed E-state index contributed by atoms with van der Waals surface area (Å²) in [4.78, 5) is 25.6. The monoisotopic (exact) mass is 394 g/mol. The molecule has 4 rings (SSSR count). The molecule has 29 heavy (non-hydrogen) atoms. The van der Waals surface area contributed by atoms with Crippen LogP contribution >= 0.6 is 0 Å². The van der Waals surface area contributed by atoms with E-state index < -0.39 is 23.1 Å². The Labute approximate surface area is 165 Å². The lowest BCUT2D eigenvalue weighted by Gasteiger charge is -2.26. The number of carbonyl (C=O) groups excluding carboxylic acids is 2. The molecule has 3 aromatic carbocycles. The fourth-order valence-corrected chi connectivity index (χ4v) is 3.11. The van der Waals surface area contributed by atoms with Gasteiger partial charge in [0.05, 0.1) is 5.69 Å². The molecule has 7 heteroatoms. The number of nitrogens with zero attached hydrogens (tertiary/aromatic N) is 1. The van der Waals surface area contributed by atoms with E-state index in [-0.39, 0.29) is 12.5 Å². The van der Waals surface area contributed by atoms with Crippen molar-refractivity contribution < 1.29 is 23.1 Å². The summed E-state index contributed by atoms with van der Waals surface area (Å²) in [5.41, 5.74) is 2.14. The maximum absolute atomic E-state index is 13.7. The Kier molecular flexibility index (Phi) is 4.72. The molecular formula is C22H16F2N2O3. The van der Waals surface area contributed by atoms with Crippen molar-refractivity contribution in [1.82, 2.24) is 0 Å². The van der Waals surface area contributed by atoms with Crippen LogP contribution in [0.15, 0.2) is 60.7 Å². The van der Waals surface area contributed by atoms with Gasteiger partial charge in [-0.15, -0.1) is 0 Å². The van der Waals surface area contributed by atoms with Crippen molar-refractivity contribution in [3.05, 3.63) is 77.9 Å². The van der Waals surface area contributed by atoms with Gasteiger partial charge in [0.25, 0.3) is 11.8 Å². The fraction of sp³-hybridized carbons (Fsp3) is 0.0909. The highest BCUT2D eigenvalue weighted by Gasteiger charge is 2.22. The number of likely N-dealkylation sites (N-methyl/N-ethyl adjacent to an activating group) is 1. The minimum Gasteiger partial charge on any atom is -0.482 e. The Morgan fingerprint density at radius 3 is 2.34 bits per heavy atom. The van der Waals surface area contributed by atoms with Crippen LogP contribution in [-0.2, 0) is 4.79 Å². The molecule has 0 aromatic heterocycles. The van der Waals surface area contributed by atoms with Crippen molar-refractivity contribution in [2.45, 2.75) is 0 Å². The molecular weight excluding hydrogens is 378 g/mol. The van der Waals surface area contributed by atoms with E-state index in [9.17, 15) is 18.4 Å². The summed E-state index contributed by atoms with van der Waals surface area (Å²) in [5, 5.41) is 2.49. The molecule has 2 amide bonds. The van der Waals surface area contributed by atoms with E-state index in [1.165, 1.54) is 6.07 Å². The molecule has 1 heterocycles. The summed E-state index contributed by atoms with van der Waals surface area (Å²) in [6, 6.07) is 15.6. The van der Waals surface area contributed by atoms with Gasteiger partial charge in [0.15, 0.2) is 6.61 Å². The molecule has 1 N–H and O–H groups in total. The van der Waals surface area contributed by atoms with Crippen LogP contribution in [0.5, 0.6) is 5.75 Å². The van der Waals surface area contributed by atoms with Crippen molar-refractivity contribution >= 4 is 23.2 Å². The van der Waals surface area contributed by atoms with E-state index >= 15 is 0 Å². The predicted octanol–water partition coefficient (Wildman–Crippen LogP) is 4.24. The van der Waals surface area contributed by atoms with Gasteiger partial charge in [-0.3, -0.25) is 9.59 Å². The number of carbonyl (C=O) groups is 2. The maximum Gasteiger partial charge on any atom is 0.264 e. The topological polar surface area (TPSA) is 58.6 Å². The molecule has 0 saturated heterocycles. The zero-order chi connectivity index (χ0) is 20.5. The van der Waals surface area contributed by atoms with E-state index in [1.807, 2.05) is 12.1 Å². The first-order chi connectivity index (χ1) is 13.9. The quantitative estimate of drug-likeness (QED) is 0.723. The van der Waals surface area contributed by atoms with Gasteiger partial charge in [-0.1, -0.05) is 24.3 Å². The third-order valence-electron chi connectivity index (χ3n) is 4.71. The molecule has 1 aliphatic rings. The first-order valence-electron chi connectivity index (χ1n) is 8.83. The molecule has 0 saturated carbocycles. The number of rotatable bonds is 3. The molecule has 0 bridgehead atoms. The van der Waals surface area contributed by atoms with E-state index in [0.717, 1.165) is 23.3 Å². The van der Waals surface area contributed by atoms with Gasteiger partial charge in [-0.25, -0.2) is 8.78 Å². The van der Waals surface area contributed by atoms with Gasteiger partial charge in [0.1, 0.15) is 22.9 Å². The SMILES string of the molecule is CN1C(=O)COc2ccc(-c3ccc(NC(=O)c4c(F)cccc4F)cc3)cc21.